The van der Waals surface area contributed by atoms with E-state index < -0.39 is 47.9 Å². The molecule has 2 aromatic carbocycles. The van der Waals surface area contributed by atoms with Gasteiger partial charge in [0.05, 0.1) is 12.1 Å². The van der Waals surface area contributed by atoms with Gasteiger partial charge in [-0.2, -0.15) is 4.79 Å². The molecule has 1 aliphatic carbocycles. The van der Waals surface area contributed by atoms with Crippen LogP contribution >= 0.6 is 0 Å². The number of carbonyl (C=O) groups excluding carboxylic acids is 5. The fraction of sp³-hybridized carbons (Fsp3) is 0.514. The Morgan fingerprint density at radius 1 is 0.833 bits per heavy atom. The zero-order chi connectivity index (χ0) is 35.4. The largest absolute Gasteiger partial charge is 0.461 e. The first-order valence-corrected chi connectivity index (χ1v) is 16.7. The van der Waals surface area contributed by atoms with Crippen LogP contribution in [-0.2, 0) is 28.7 Å². The number of esters is 1. The predicted molar refractivity (Wildman–Crippen MR) is 181 cm³/mol. The quantitative estimate of drug-likeness (QED) is 0.0903. The van der Waals surface area contributed by atoms with Crippen molar-refractivity contribution in [1.82, 2.24) is 10.6 Å². The van der Waals surface area contributed by atoms with Gasteiger partial charge in [0.25, 0.3) is 0 Å². The molecule has 0 radical (unpaired) electrons. The molecule has 11 nitrogen and oxygen atoms in total. The highest BCUT2D eigenvalue weighted by Gasteiger charge is 2.33. The second-order valence-corrected chi connectivity index (χ2v) is 13.4. The molecule has 2 N–H and O–H groups in total. The number of fused-ring (bicyclic) bond motifs is 3. The summed E-state index contributed by atoms with van der Waals surface area (Å²) in [5.41, 5.74) is 13.0. The van der Waals surface area contributed by atoms with Gasteiger partial charge in [-0.1, -0.05) is 76.2 Å². The van der Waals surface area contributed by atoms with Crippen LogP contribution in [-0.4, -0.2) is 65.3 Å². The van der Waals surface area contributed by atoms with Crippen LogP contribution in [0.1, 0.15) is 90.7 Å². The first-order chi connectivity index (χ1) is 22.8. The lowest BCUT2D eigenvalue weighted by Crippen LogP contribution is -2.47. The minimum Gasteiger partial charge on any atom is -0.461 e. The molecular formula is C37H48N4O7. The van der Waals surface area contributed by atoms with Crippen molar-refractivity contribution in [3.8, 4) is 11.1 Å². The Labute approximate surface area is 282 Å². The summed E-state index contributed by atoms with van der Waals surface area (Å²) in [4.78, 5) is 67.9. The summed E-state index contributed by atoms with van der Waals surface area (Å²) in [6, 6.07) is 14.0. The van der Waals surface area contributed by atoms with Crippen LogP contribution in [0.15, 0.2) is 48.5 Å². The normalized spacial score (nSPS) is 13.9. The van der Waals surface area contributed by atoms with E-state index in [-0.39, 0.29) is 49.4 Å². The molecule has 48 heavy (non-hydrogen) atoms. The number of hydrogen-bond donors (Lipinski definition) is 2. The van der Waals surface area contributed by atoms with Crippen molar-refractivity contribution >= 4 is 35.8 Å². The third-order valence-corrected chi connectivity index (χ3v) is 8.14. The van der Waals surface area contributed by atoms with Crippen LogP contribution in [0.2, 0.25) is 0 Å². The average molecular weight is 661 g/mol. The summed E-state index contributed by atoms with van der Waals surface area (Å²) in [5, 5.41) is 5.44. The van der Waals surface area contributed by atoms with Gasteiger partial charge in [0.2, 0.25) is 11.7 Å². The molecule has 0 unspecified atom stereocenters. The van der Waals surface area contributed by atoms with Gasteiger partial charge in [0.15, 0.2) is 5.78 Å². The monoisotopic (exact) mass is 660 g/mol. The zero-order valence-corrected chi connectivity index (χ0v) is 28.7. The minimum atomic E-state index is -1.15. The van der Waals surface area contributed by atoms with E-state index in [2.05, 4.69) is 27.6 Å². The molecular weight excluding hydrogens is 612 g/mol. The highest BCUT2D eigenvalue weighted by atomic mass is 16.6. The number of ether oxygens (including phenoxy) is 2. The van der Waals surface area contributed by atoms with E-state index in [9.17, 15) is 24.0 Å². The molecule has 2 aromatic rings. The molecule has 0 heterocycles. The summed E-state index contributed by atoms with van der Waals surface area (Å²) in [6.07, 6.45) is -0.178. The molecule has 0 fully saturated rings. The maximum Gasteiger partial charge on any atom is 0.407 e. The standard InChI is InChI=1S/C37H48N4O7/c1-22(2)17-25(35(44)40-32(36(45)48-24(5)6)16-15-26(42)20-39-38)19-34(43)33(18-23(3)4)41-37(46)47-21-31-29-13-9-7-11-27(29)28-12-8-10-14-30(28)31/h7-14,20,22-25,31-33H,15-19,21H2,1-6H3,(H,40,44)(H,41,46)/t25-,32+,33+/m1/s1. The Kier molecular flexibility index (Phi) is 14.2. The number of carbonyl (C=O) groups is 5. The fourth-order valence-electron chi connectivity index (χ4n) is 6.03. The van der Waals surface area contributed by atoms with E-state index in [1.807, 2.05) is 64.1 Å². The molecule has 1 aliphatic rings. The SMILES string of the molecule is CC(C)C[C@H](CC(=O)[C@H](CC(C)C)NC(=O)OCC1c2ccccc2-c2ccccc21)C(=O)N[C@@H](CCC(=O)C=[N+]=[N-])C(=O)OC(C)C. The topological polar surface area (TPSA) is 164 Å². The Morgan fingerprint density at radius 3 is 1.96 bits per heavy atom. The van der Waals surface area contributed by atoms with Crippen molar-refractivity contribution in [2.75, 3.05) is 6.61 Å². The molecule has 11 heteroatoms. The highest BCUT2D eigenvalue weighted by molar-refractivity contribution is 6.25. The number of ketones is 2. The summed E-state index contributed by atoms with van der Waals surface area (Å²) in [5.74, 6) is -2.95. The molecule has 2 amide bonds. The third-order valence-electron chi connectivity index (χ3n) is 8.14. The smallest absolute Gasteiger partial charge is 0.407 e. The van der Waals surface area contributed by atoms with Crippen molar-refractivity contribution in [1.29, 1.82) is 0 Å². The number of amides is 2. The summed E-state index contributed by atoms with van der Waals surface area (Å²) in [7, 11) is 0. The van der Waals surface area contributed by atoms with E-state index in [4.69, 9.17) is 15.0 Å². The average Bonchev–Trinajstić information content (AvgIpc) is 3.34. The van der Waals surface area contributed by atoms with Crippen LogP contribution in [0.3, 0.4) is 0 Å². The number of hydrogen-bond acceptors (Lipinski definition) is 7. The molecule has 3 atom stereocenters. The van der Waals surface area contributed by atoms with Crippen molar-refractivity contribution in [3.63, 3.8) is 0 Å². The van der Waals surface area contributed by atoms with Gasteiger partial charge < -0.3 is 25.6 Å². The predicted octanol–water partition coefficient (Wildman–Crippen LogP) is 5.65. The van der Waals surface area contributed by atoms with E-state index in [0.717, 1.165) is 28.5 Å². The molecule has 0 aromatic heterocycles. The summed E-state index contributed by atoms with van der Waals surface area (Å²) in [6.45, 7) is 11.1. The van der Waals surface area contributed by atoms with Crippen molar-refractivity contribution in [2.45, 2.75) is 97.8 Å². The number of benzene rings is 2. The van der Waals surface area contributed by atoms with Gasteiger partial charge in [-0.3, -0.25) is 14.4 Å². The minimum absolute atomic E-state index is 0.0376. The molecule has 0 bridgehead atoms. The number of nitrogens with zero attached hydrogens (tertiary/aromatic N) is 2. The zero-order valence-electron chi connectivity index (χ0n) is 28.7. The Balaban J connectivity index is 1.71. The lowest BCUT2D eigenvalue weighted by molar-refractivity contribution is -0.152. The van der Waals surface area contributed by atoms with Gasteiger partial charge >= 0.3 is 18.3 Å². The van der Waals surface area contributed by atoms with Crippen molar-refractivity contribution in [3.05, 3.63) is 65.2 Å². The Morgan fingerprint density at radius 2 is 1.42 bits per heavy atom. The van der Waals surface area contributed by atoms with E-state index in [1.54, 1.807) is 13.8 Å². The third kappa shape index (κ3) is 11.0. The molecule has 0 aliphatic heterocycles. The first-order valence-electron chi connectivity index (χ1n) is 16.7. The second kappa shape index (κ2) is 18.1. The number of Topliss-reactive ketones (excluding diaryl/α,β-unsaturated/α-hetero) is 2. The maximum absolute atomic E-state index is 13.7. The molecule has 0 saturated heterocycles. The number of alkyl carbamates (subject to hydrolysis) is 1. The van der Waals surface area contributed by atoms with Crippen molar-refractivity contribution < 1.29 is 38.2 Å². The van der Waals surface area contributed by atoms with E-state index in [0.29, 0.717) is 12.8 Å². The van der Waals surface area contributed by atoms with Gasteiger partial charge in [0.1, 0.15) is 12.6 Å². The lowest BCUT2D eigenvalue weighted by atomic mass is 9.87. The van der Waals surface area contributed by atoms with Gasteiger partial charge in [-0.25, -0.2) is 9.59 Å². The molecule has 258 valence electrons. The Bertz CT molecular complexity index is 1470. The van der Waals surface area contributed by atoms with Crippen LogP contribution in [0.4, 0.5) is 4.79 Å². The van der Waals surface area contributed by atoms with Crippen LogP contribution in [0.5, 0.6) is 0 Å². The van der Waals surface area contributed by atoms with Crippen LogP contribution < -0.4 is 10.6 Å². The molecule has 0 saturated carbocycles. The van der Waals surface area contributed by atoms with Gasteiger partial charge in [-0.15, -0.1) is 0 Å². The van der Waals surface area contributed by atoms with E-state index in [1.165, 1.54) is 0 Å². The van der Waals surface area contributed by atoms with Gasteiger partial charge in [-0.05, 0) is 67.2 Å². The summed E-state index contributed by atoms with van der Waals surface area (Å²) < 4.78 is 11.0. The van der Waals surface area contributed by atoms with Gasteiger partial charge in [0, 0.05) is 24.7 Å². The number of rotatable bonds is 18. The Hall–Kier alpha value is -4.63. The van der Waals surface area contributed by atoms with E-state index >= 15 is 0 Å². The van der Waals surface area contributed by atoms with Crippen LogP contribution in [0, 0.1) is 17.8 Å². The number of nitrogens with one attached hydrogen (secondary N) is 2. The maximum atomic E-state index is 13.7. The molecule has 0 spiro atoms. The summed E-state index contributed by atoms with van der Waals surface area (Å²) >= 11 is 0. The first kappa shape index (κ1) is 37.8. The molecule has 3 rings (SSSR count). The van der Waals surface area contributed by atoms with Crippen LogP contribution in [0.25, 0.3) is 16.7 Å². The fourth-order valence-corrected chi connectivity index (χ4v) is 6.03. The van der Waals surface area contributed by atoms with Crippen molar-refractivity contribution in [2.24, 2.45) is 17.8 Å². The highest BCUT2D eigenvalue weighted by Crippen LogP contribution is 2.44. The second-order valence-electron chi connectivity index (χ2n) is 13.4. The lowest BCUT2D eigenvalue weighted by Gasteiger charge is -2.25.